The predicted molar refractivity (Wildman–Crippen MR) is 65.6 cm³/mol. The summed E-state index contributed by atoms with van der Waals surface area (Å²) in [6.07, 6.45) is 0.748. The number of benzene rings is 1. The van der Waals surface area contributed by atoms with Gasteiger partial charge in [-0.25, -0.2) is 0 Å². The monoisotopic (exact) mass is 287 g/mol. The first-order chi connectivity index (χ1) is 7.67. The van der Waals surface area contributed by atoms with Gasteiger partial charge >= 0.3 is 0 Å². The second-order valence-electron chi connectivity index (χ2n) is 3.14. The van der Waals surface area contributed by atoms with Crippen LogP contribution in [0.1, 0.15) is 5.56 Å². The average molecular weight is 288 g/mol. The molecule has 1 aromatic carbocycles. The zero-order valence-electron chi connectivity index (χ0n) is 9.25. The smallest absolute Gasteiger partial charge is 0.287 e. The maximum Gasteiger partial charge on any atom is 0.287 e. The number of hydrogen-bond donors (Lipinski definition) is 1. The number of nitrogens with one attached hydrogen (secondary N) is 1. The van der Waals surface area contributed by atoms with Gasteiger partial charge < -0.3 is 14.8 Å². The second-order valence-corrected chi connectivity index (χ2v) is 3.86. The number of amides is 1. The van der Waals surface area contributed by atoms with Crippen LogP contribution in [0, 0.1) is 0 Å². The van der Waals surface area contributed by atoms with E-state index in [1.54, 1.807) is 14.2 Å². The molecule has 0 aromatic heterocycles. The van der Waals surface area contributed by atoms with Crippen LogP contribution in [-0.4, -0.2) is 25.6 Å². The minimum Gasteiger partial charge on any atom is -0.493 e. The molecule has 0 saturated heterocycles. The molecule has 5 heteroatoms. The van der Waals surface area contributed by atoms with Crippen molar-refractivity contribution in [2.75, 3.05) is 20.8 Å². The number of carbonyl (C=O) groups excluding carboxylic acids is 1. The molecular weight excluding hydrogens is 274 g/mol. The Balaban J connectivity index is 2.64. The fourth-order valence-corrected chi connectivity index (χ4v) is 1.54. The Morgan fingerprint density at radius 2 is 2.00 bits per heavy atom. The van der Waals surface area contributed by atoms with Gasteiger partial charge in [0.05, 0.1) is 14.2 Å². The highest BCUT2D eigenvalue weighted by molar-refractivity contribution is 9.18. The van der Waals surface area contributed by atoms with Gasteiger partial charge in [0.15, 0.2) is 11.5 Å². The lowest BCUT2D eigenvalue weighted by molar-refractivity contribution is 0.262. The molecule has 16 heavy (non-hydrogen) atoms. The van der Waals surface area contributed by atoms with Crippen LogP contribution in [0.2, 0.25) is 0 Å². The number of methoxy groups -OCH3 is 2. The summed E-state index contributed by atoms with van der Waals surface area (Å²) in [7, 11) is 3.20. The summed E-state index contributed by atoms with van der Waals surface area (Å²) < 4.78 is 10.3. The van der Waals surface area contributed by atoms with Crippen molar-refractivity contribution in [1.82, 2.24) is 5.32 Å². The van der Waals surface area contributed by atoms with Gasteiger partial charge in [0.25, 0.3) is 4.82 Å². The maximum atomic E-state index is 10.6. The van der Waals surface area contributed by atoms with Crippen LogP contribution < -0.4 is 14.8 Å². The Hall–Kier alpha value is -1.23. The zero-order valence-corrected chi connectivity index (χ0v) is 10.8. The molecule has 88 valence electrons. The van der Waals surface area contributed by atoms with E-state index in [-0.39, 0.29) is 4.82 Å². The van der Waals surface area contributed by atoms with Gasteiger partial charge in [-0.3, -0.25) is 4.79 Å². The summed E-state index contributed by atoms with van der Waals surface area (Å²) in [6, 6.07) is 5.70. The van der Waals surface area contributed by atoms with E-state index in [1.807, 2.05) is 18.2 Å². The molecule has 1 aromatic rings. The first-order valence-corrected chi connectivity index (χ1v) is 5.61. The molecule has 0 fully saturated rings. The fraction of sp³-hybridized carbons (Fsp3) is 0.364. The molecule has 1 N–H and O–H groups in total. The highest BCUT2D eigenvalue weighted by atomic mass is 79.9. The molecule has 1 amide bonds. The minimum atomic E-state index is -0.201. The number of ether oxygens (including phenoxy) is 2. The first kappa shape index (κ1) is 12.8. The summed E-state index contributed by atoms with van der Waals surface area (Å²) >= 11 is 2.80. The van der Waals surface area contributed by atoms with Gasteiger partial charge in [-0.05, 0) is 24.1 Å². The van der Waals surface area contributed by atoms with Crippen molar-refractivity contribution in [3.05, 3.63) is 23.8 Å². The standard InChI is InChI=1S/C11H14BrNO3/c1-15-9-4-3-8(7-10(9)16-2)5-6-13-11(12)14/h3-4,7H,5-6H2,1-2H3,(H,13,14). The summed E-state index contributed by atoms with van der Waals surface area (Å²) in [5, 5.41) is 2.67. The lowest BCUT2D eigenvalue weighted by Gasteiger charge is -2.09. The van der Waals surface area contributed by atoms with Crippen molar-refractivity contribution in [2.45, 2.75) is 6.42 Å². The van der Waals surface area contributed by atoms with Gasteiger partial charge in [0.2, 0.25) is 0 Å². The Morgan fingerprint density at radius 1 is 1.31 bits per heavy atom. The van der Waals surface area contributed by atoms with Gasteiger partial charge in [0, 0.05) is 22.5 Å². The highest BCUT2D eigenvalue weighted by Gasteiger charge is 2.04. The lowest BCUT2D eigenvalue weighted by Crippen LogP contribution is -2.18. The molecule has 0 aliphatic rings. The quantitative estimate of drug-likeness (QED) is 0.668. The number of rotatable bonds is 5. The van der Waals surface area contributed by atoms with Crippen molar-refractivity contribution in [1.29, 1.82) is 0 Å². The highest BCUT2D eigenvalue weighted by Crippen LogP contribution is 2.27. The summed E-state index contributed by atoms with van der Waals surface area (Å²) in [6.45, 7) is 0.583. The van der Waals surface area contributed by atoms with Gasteiger partial charge in [-0.15, -0.1) is 0 Å². The number of halogens is 1. The minimum absolute atomic E-state index is 0.201. The summed E-state index contributed by atoms with van der Waals surface area (Å²) in [5.41, 5.74) is 1.08. The third kappa shape index (κ3) is 3.73. The van der Waals surface area contributed by atoms with Crippen molar-refractivity contribution >= 4 is 20.7 Å². The average Bonchev–Trinajstić information content (AvgIpc) is 2.28. The molecule has 0 radical (unpaired) electrons. The Bertz CT molecular complexity index is 368. The third-order valence-electron chi connectivity index (χ3n) is 2.13. The third-order valence-corrected chi connectivity index (χ3v) is 2.41. The van der Waals surface area contributed by atoms with Crippen molar-refractivity contribution in [3.63, 3.8) is 0 Å². The molecule has 4 nitrogen and oxygen atoms in total. The van der Waals surface area contributed by atoms with Crippen molar-refractivity contribution in [3.8, 4) is 11.5 Å². The van der Waals surface area contributed by atoms with Gasteiger partial charge in [0.1, 0.15) is 0 Å². The Kier molecular flexibility index (Phi) is 5.11. The normalized spacial score (nSPS) is 9.69. The zero-order chi connectivity index (χ0) is 12.0. The van der Waals surface area contributed by atoms with E-state index in [1.165, 1.54) is 0 Å². The van der Waals surface area contributed by atoms with E-state index < -0.39 is 0 Å². The summed E-state index contributed by atoms with van der Waals surface area (Å²) in [4.78, 5) is 10.4. The van der Waals surface area contributed by atoms with Crippen LogP contribution in [-0.2, 0) is 6.42 Å². The van der Waals surface area contributed by atoms with Crippen LogP contribution in [0.4, 0.5) is 4.79 Å². The fourth-order valence-electron chi connectivity index (χ4n) is 1.34. The Labute approximate surface area is 103 Å². The summed E-state index contributed by atoms with van der Waals surface area (Å²) in [5.74, 6) is 1.40. The van der Waals surface area contributed by atoms with E-state index in [9.17, 15) is 4.79 Å². The maximum absolute atomic E-state index is 10.6. The topological polar surface area (TPSA) is 47.6 Å². The SMILES string of the molecule is COc1ccc(CCNC(=O)Br)cc1OC. The van der Waals surface area contributed by atoms with E-state index in [2.05, 4.69) is 21.2 Å². The molecular formula is C11H14BrNO3. The largest absolute Gasteiger partial charge is 0.493 e. The van der Waals surface area contributed by atoms with Crippen LogP contribution in [0.25, 0.3) is 0 Å². The lowest BCUT2D eigenvalue weighted by atomic mass is 10.1. The van der Waals surface area contributed by atoms with Gasteiger partial charge in [-0.2, -0.15) is 0 Å². The first-order valence-electron chi connectivity index (χ1n) is 4.81. The van der Waals surface area contributed by atoms with Gasteiger partial charge in [-0.1, -0.05) is 6.07 Å². The van der Waals surface area contributed by atoms with Crippen LogP contribution in [0.5, 0.6) is 11.5 Å². The van der Waals surface area contributed by atoms with Crippen LogP contribution >= 0.6 is 15.9 Å². The molecule has 0 heterocycles. The number of hydrogen-bond acceptors (Lipinski definition) is 3. The molecule has 0 unspecified atom stereocenters. The van der Waals surface area contributed by atoms with E-state index in [0.717, 1.165) is 12.0 Å². The van der Waals surface area contributed by atoms with Crippen molar-refractivity contribution < 1.29 is 14.3 Å². The molecule has 0 aliphatic heterocycles. The molecule has 0 atom stereocenters. The molecule has 0 saturated carbocycles. The molecule has 1 rings (SSSR count). The molecule has 0 aliphatic carbocycles. The second kappa shape index (κ2) is 6.37. The molecule has 0 bridgehead atoms. The van der Waals surface area contributed by atoms with Crippen molar-refractivity contribution in [2.24, 2.45) is 0 Å². The van der Waals surface area contributed by atoms with E-state index in [4.69, 9.17) is 9.47 Å². The number of carbonyl (C=O) groups is 1. The predicted octanol–water partition coefficient (Wildman–Crippen LogP) is 2.35. The van der Waals surface area contributed by atoms with Crippen LogP contribution in [0.3, 0.4) is 0 Å². The van der Waals surface area contributed by atoms with E-state index in [0.29, 0.717) is 18.0 Å². The van der Waals surface area contributed by atoms with Crippen LogP contribution in [0.15, 0.2) is 18.2 Å². The Morgan fingerprint density at radius 3 is 2.56 bits per heavy atom. The molecule has 0 spiro atoms. The van der Waals surface area contributed by atoms with E-state index >= 15 is 0 Å².